The van der Waals surface area contributed by atoms with E-state index in [-0.39, 0.29) is 29.6 Å². The Morgan fingerprint density at radius 1 is 1.56 bits per heavy atom. The van der Waals surface area contributed by atoms with Crippen LogP contribution in [0.15, 0.2) is 23.4 Å². The van der Waals surface area contributed by atoms with Crippen LogP contribution in [0, 0.1) is 12.8 Å². The molecule has 1 aromatic carbocycles. The summed E-state index contributed by atoms with van der Waals surface area (Å²) < 4.78 is 0. The highest BCUT2D eigenvalue weighted by molar-refractivity contribution is 5.97. The summed E-state index contributed by atoms with van der Waals surface area (Å²) in [6, 6.07) is 4.78. The standard InChI is InChI=1S/C12H17N3O3/c1-7-3-4-10(16)9(5-7)12(17)14-6-8(2)11(13)15-18/h3-5,8,16,18H,6H2,1-2H3,(H2,13,15)(H,14,17). The molecule has 98 valence electrons. The largest absolute Gasteiger partial charge is 0.507 e. The van der Waals surface area contributed by atoms with Crippen LogP contribution in [0.5, 0.6) is 5.75 Å². The summed E-state index contributed by atoms with van der Waals surface area (Å²) in [5, 5.41) is 23.5. The van der Waals surface area contributed by atoms with E-state index in [1.807, 2.05) is 6.92 Å². The number of phenolic OH excluding ortho intramolecular Hbond substituents is 1. The van der Waals surface area contributed by atoms with Crippen LogP contribution in [-0.4, -0.2) is 28.6 Å². The molecule has 0 saturated carbocycles. The lowest BCUT2D eigenvalue weighted by molar-refractivity contribution is 0.0948. The number of aromatic hydroxyl groups is 1. The van der Waals surface area contributed by atoms with Crippen LogP contribution in [-0.2, 0) is 0 Å². The van der Waals surface area contributed by atoms with Crippen molar-refractivity contribution in [2.75, 3.05) is 6.54 Å². The van der Waals surface area contributed by atoms with E-state index < -0.39 is 5.91 Å². The molecule has 0 fully saturated rings. The van der Waals surface area contributed by atoms with Crippen molar-refractivity contribution in [2.45, 2.75) is 13.8 Å². The number of oxime groups is 1. The minimum absolute atomic E-state index is 0.0452. The Labute approximate surface area is 105 Å². The predicted octanol–water partition coefficient (Wildman–Crippen LogP) is 0.813. The number of benzene rings is 1. The van der Waals surface area contributed by atoms with Crippen molar-refractivity contribution in [3.63, 3.8) is 0 Å². The van der Waals surface area contributed by atoms with Crippen LogP contribution >= 0.6 is 0 Å². The Balaban J connectivity index is 2.69. The average Bonchev–Trinajstić information content (AvgIpc) is 2.37. The van der Waals surface area contributed by atoms with Gasteiger partial charge in [-0.05, 0) is 19.1 Å². The Bertz CT molecular complexity index is 472. The number of nitrogens with zero attached hydrogens (tertiary/aromatic N) is 1. The zero-order valence-electron chi connectivity index (χ0n) is 10.3. The molecular weight excluding hydrogens is 234 g/mol. The van der Waals surface area contributed by atoms with Gasteiger partial charge in [-0.25, -0.2) is 0 Å². The van der Waals surface area contributed by atoms with Gasteiger partial charge in [0.25, 0.3) is 5.91 Å². The number of phenols is 1. The number of rotatable bonds is 4. The molecule has 5 N–H and O–H groups in total. The van der Waals surface area contributed by atoms with E-state index in [0.29, 0.717) is 0 Å². The Kier molecular flexibility index (Phi) is 4.53. The van der Waals surface area contributed by atoms with E-state index >= 15 is 0 Å². The zero-order chi connectivity index (χ0) is 13.7. The first-order valence-electron chi connectivity index (χ1n) is 5.51. The van der Waals surface area contributed by atoms with Gasteiger partial charge in [-0.15, -0.1) is 0 Å². The first kappa shape index (κ1) is 13.8. The molecule has 1 aromatic rings. The molecule has 0 aliphatic heterocycles. The second-order valence-electron chi connectivity index (χ2n) is 4.16. The monoisotopic (exact) mass is 251 g/mol. The molecule has 1 unspecified atom stereocenters. The predicted molar refractivity (Wildman–Crippen MR) is 67.7 cm³/mol. The molecule has 6 nitrogen and oxygen atoms in total. The minimum Gasteiger partial charge on any atom is -0.507 e. The summed E-state index contributed by atoms with van der Waals surface area (Å²) in [5.74, 6) is -0.710. The Morgan fingerprint density at radius 2 is 2.22 bits per heavy atom. The fourth-order valence-electron chi connectivity index (χ4n) is 1.38. The van der Waals surface area contributed by atoms with Gasteiger partial charge >= 0.3 is 0 Å². The van der Waals surface area contributed by atoms with Gasteiger partial charge in [0.05, 0.1) is 5.56 Å². The van der Waals surface area contributed by atoms with Crippen molar-refractivity contribution >= 4 is 11.7 Å². The number of carbonyl (C=O) groups excluding carboxylic acids is 1. The lowest BCUT2D eigenvalue weighted by Gasteiger charge is -2.12. The molecule has 0 spiro atoms. The summed E-state index contributed by atoms with van der Waals surface area (Å²) >= 11 is 0. The Hall–Kier alpha value is -2.24. The van der Waals surface area contributed by atoms with Crippen LogP contribution < -0.4 is 11.1 Å². The lowest BCUT2D eigenvalue weighted by atomic mass is 10.1. The molecule has 6 heteroatoms. The highest BCUT2D eigenvalue weighted by Gasteiger charge is 2.13. The maximum Gasteiger partial charge on any atom is 0.255 e. The van der Waals surface area contributed by atoms with Gasteiger partial charge in [0.1, 0.15) is 11.6 Å². The van der Waals surface area contributed by atoms with Crippen molar-refractivity contribution in [3.05, 3.63) is 29.3 Å². The summed E-state index contributed by atoms with van der Waals surface area (Å²) in [5.41, 5.74) is 6.48. The maximum absolute atomic E-state index is 11.8. The number of hydrogen-bond donors (Lipinski definition) is 4. The lowest BCUT2D eigenvalue weighted by Crippen LogP contribution is -2.34. The molecule has 0 radical (unpaired) electrons. The van der Waals surface area contributed by atoms with Gasteiger partial charge in [0, 0.05) is 12.5 Å². The van der Waals surface area contributed by atoms with Gasteiger partial charge in [0.15, 0.2) is 0 Å². The summed E-state index contributed by atoms with van der Waals surface area (Å²) in [7, 11) is 0. The van der Waals surface area contributed by atoms with Crippen LogP contribution in [0.25, 0.3) is 0 Å². The third-order valence-electron chi connectivity index (χ3n) is 2.59. The molecule has 1 amide bonds. The van der Waals surface area contributed by atoms with Gasteiger partial charge in [-0.3, -0.25) is 4.79 Å². The van der Waals surface area contributed by atoms with Crippen LogP contribution in [0.2, 0.25) is 0 Å². The molecule has 0 heterocycles. The fourth-order valence-corrected chi connectivity index (χ4v) is 1.38. The molecule has 0 bridgehead atoms. The highest BCUT2D eigenvalue weighted by Crippen LogP contribution is 2.17. The van der Waals surface area contributed by atoms with Crippen molar-refractivity contribution in [2.24, 2.45) is 16.8 Å². The van der Waals surface area contributed by atoms with E-state index in [9.17, 15) is 9.90 Å². The number of hydrogen-bond acceptors (Lipinski definition) is 4. The maximum atomic E-state index is 11.8. The number of amidine groups is 1. The molecule has 0 saturated heterocycles. The normalized spacial score (nSPS) is 13.1. The van der Waals surface area contributed by atoms with Crippen LogP contribution in [0.3, 0.4) is 0 Å². The highest BCUT2D eigenvalue weighted by atomic mass is 16.4. The van der Waals surface area contributed by atoms with E-state index in [4.69, 9.17) is 10.9 Å². The summed E-state index contributed by atoms with van der Waals surface area (Å²) in [6.07, 6.45) is 0. The SMILES string of the molecule is Cc1ccc(O)c(C(=O)NCC(C)C(N)=NO)c1. The van der Waals surface area contributed by atoms with E-state index in [0.717, 1.165) is 5.56 Å². The molecule has 1 rings (SSSR count). The van der Waals surface area contributed by atoms with E-state index in [1.54, 1.807) is 19.1 Å². The van der Waals surface area contributed by atoms with Gasteiger partial charge in [0.2, 0.25) is 0 Å². The third kappa shape index (κ3) is 3.38. The van der Waals surface area contributed by atoms with Gasteiger partial charge in [-0.2, -0.15) is 0 Å². The number of aryl methyl sites for hydroxylation is 1. The molecule has 18 heavy (non-hydrogen) atoms. The fraction of sp³-hybridized carbons (Fsp3) is 0.333. The Morgan fingerprint density at radius 3 is 2.83 bits per heavy atom. The van der Waals surface area contributed by atoms with Crippen molar-refractivity contribution < 1.29 is 15.1 Å². The van der Waals surface area contributed by atoms with E-state index in [2.05, 4.69) is 10.5 Å². The van der Waals surface area contributed by atoms with Crippen molar-refractivity contribution in [3.8, 4) is 5.75 Å². The average molecular weight is 251 g/mol. The van der Waals surface area contributed by atoms with E-state index in [1.165, 1.54) is 6.07 Å². The molecule has 0 aliphatic carbocycles. The number of nitrogens with one attached hydrogen (secondary N) is 1. The minimum atomic E-state index is -0.395. The van der Waals surface area contributed by atoms with Gasteiger partial charge in [-0.1, -0.05) is 23.7 Å². The number of amides is 1. The second kappa shape index (κ2) is 5.90. The zero-order valence-corrected chi connectivity index (χ0v) is 10.3. The smallest absolute Gasteiger partial charge is 0.255 e. The van der Waals surface area contributed by atoms with Gasteiger partial charge < -0.3 is 21.4 Å². The van der Waals surface area contributed by atoms with Crippen LogP contribution in [0.1, 0.15) is 22.8 Å². The second-order valence-corrected chi connectivity index (χ2v) is 4.16. The number of carbonyl (C=O) groups is 1. The molecule has 1 atom stereocenters. The molecule has 0 aromatic heterocycles. The summed E-state index contributed by atoms with van der Waals surface area (Å²) in [4.78, 5) is 11.8. The molecular formula is C12H17N3O3. The quantitative estimate of drug-likeness (QED) is 0.275. The van der Waals surface area contributed by atoms with Crippen molar-refractivity contribution in [1.29, 1.82) is 0 Å². The third-order valence-corrected chi connectivity index (χ3v) is 2.59. The topological polar surface area (TPSA) is 108 Å². The van der Waals surface area contributed by atoms with Crippen LogP contribution in [0.4, 0.5) is 0 Å². The number of nitrogens with two attached hydrogens (primary N) is 1. The first-order chi connectivity index (χ1) is 8.45. The van der Waals surface area contributed by atoms with Crippen molar-refractivity contribution in [1.82, 2.24) is 5.32 Å². The molecule has 0 aliphatic rings. The first-order valence-corrected chi connectivity index (χ1v) is 5.51. The summed E-state index contributed by atoms with van der Waals surface area (Å²) in [6.45, 7) is 3.77.